The van der Waals surface area contributed by atoms with Crippen molar-refractivity contribution in [3.63, 3.8) is 0 Å². The molecule has 4 aromatic rings. The van der Waals surface area contributed by atoms with E-state index in [1.807, 2.05) is 0 Å². The number of thiophene rings is 1. The number of fused-ring (bicyclic) bond motifs is 1. The van der Waals surface area contributed by atoms with Crippen molar-refractivity contribution in [2.45, 2.75) is 0 Å². The molecule has 0 bridgehead atoms. The van der Waals surface area contributed by atoms with Crippen LogP contribution in [0.2, 0.25) is 10.0 Å². The smallest absolute Gasteiger partial charge is 0.281 e. The summed E-state index contributed by atoms with van der Waals surface area (Å²) in [6.07, 6.45) is 1.37. The summed E-state index contributed by atoms with van der Waals surface area (Å²) in [7, 11) is 0. The minimum Gasteiger partial charge on any atom is -0.455 e. The lowest BCUT2D eigenvalue weighted by atomic mass is 10.2. The van der Waals surface area contributed by atoms with Gasteiger partial charge in [-0.2, -0.15) is 5.10 Å². The molecule has 7 nitrogen and oxygen atoms in total. The Labute approximate surface area is 183 Å². The molecule has 4 rings (SSSR count). The molecule has 0 spiro atoms. The summed E-state index contributed by atoms with van der Waals surface area (Å²) in [5, 5.41) is 16.3. The van der Waals surface area contributed by atoms with Crippen molar-refractivity contribution in [3.8, 4) is 11.3 Å². The van der Waals surface area contributed by atoms with Gasteiger partial charge in [0, 0.05) is 27.8 Å². The van der Waals surface area contributed by atoms with Crippen molar-refractivity contribution in [2.75, 3.05) is 0 Å². The van der Waals surface area contributed by atoms with Crippen LogP contribution in [0.4, 0.5) is 5.69 Å². The first-order chi connectivity index (χ1) is 14.4. The number of rotatable bonds is 5. The maximum atomic E-state index is 12.3. The van der Waals surface area contributed by atoms with Crippen LogP contribution in [0.15, 0.2) is 64.1 Å². The number of nitro benzene ring substituents is 1. The van der Waals surface area contributed by atoms with E-state index < -0.39 is 10.8 Å². The van der Waals surface area contributed by atoms with Crippen molar-refractivity contribution in [2.24, 2.45) is 5.10 Å². The summed E-state index contributed by atoms with van der Waals surface area (Å²) in [5.74, 6) is 0.585. The number of amides is 1. The van der Waals surface area contributed by atoms with E-state index in [1.54, 1.807) is 42.5 Å². The van der Waals surface area contributed by atoms with Crippen LogP contribution in [-0.2, 0) is 0 Å². The fourth-order valence-electron chi connectivity index (χ4n) is 2.69. The molecule has 2 aromatic heterocycles. The Balaban J connectivity index is 1.45. The molecule has 0 fully saturated rings. The first-order valence-electron chi connectivity index (χ1n) is 8.47. The van der Waals surface area contributed by atoms with E-state index in [0.717, 1.165) is 10.3 Å². The Bertz CT molecular complexity index is 1310. The lowest BCUT2D eigenvalue weighted by Gasteiger charge is -1.99. The molecule has 0 aliphatic rings. The van der Waals surface area contributed by atoms with E-state index in [4.69, 9.17) is 27.6 Å². The Hall–Kier alpha value is -3.20. The van der Waals surface area contributed by atoms with Crippen molar-refractivity contribution in [1.29, 1.82) is 0 Å². The van der Waals surface area contributed by atoms with Gasteiger partial charge in [0.25, 0.3) is 11.6 Å². The molecule has 0 unspecified atom stereocenters. The Morgan fingerprint density at radius 1 is 1.10 bits per heavy atom. The van der Waals surface area contributed by atoms with Gasteiger partial charge in [-0.25, -0.2) is 5.43 Å². The van der Waals surface area contributed by atoms with Crippen LogP contribution in [-0.4, -0.2) is 17.0 Å². The average Bonchev–Trinajstić information content (AvgIpc) is 3.36. The number of hydrogen-bond donors (Lipinski definition) is 1. The minimum absolute atomic E-state index is 0.0270. The number of carbonyl (C=O) groups is 1. The molecule has 0 aliphatic heterocycles. The Morgan fingerprint density at radius 2 is 1.93 bits per heavy atom. The highest BCUT2D eigenvalue weighted by Gasteiger charge is 2.13. The SMILES string of the molecule is O=C(N/N=C/c1ccc(-c2ccc(Cl)c(Cl)c2)o1)c1cc2cc([N+](=O)[O-])ccc2s1. The highest BCUT2D eigenvalue weighted by atomic mass is 35.5. The molecule has 0 atom stereocenters. The lowest BCUT2D eigenvalue weighted by molar-refractivity contribution is -0.384. The van der Waals surface area contributed by atoms with Crippen molar-refractivity contribution < 1.29 is 14.1 Å². The van der Waals surface area contributed by atoms with E-state index in [9.17, 15) is 14.9 Å². The topological polar surface area (TPSA) is 97.7 Å². The molecule has 2 heterocycles. The zero-order valence-electron chi connectivity index (χ0n) is 15.0. The van der Waals surface area contributed by atoms with Gasteiger partial charge in [-0.15, -0.1) is 11.3 Å². The molecule has 10 heteroatoms. The quantitative estimate of drug-likeness (QED) is 0.220. The van der Waals surface area contributed by atoms with E-state index in [1.165, 1.54) is 29.7 Å². The molecule has 1 N–H and O–H groups in total. The van der Waals surface area contributed by atoms with Crippen LogP contribution < -0.4 is 5.43 Å². The van der Waals surface area contributed by atoms with Gasteiger partial charge in [0.05, 0.1) is 26.1 Å². The molecule has 150 valence electrons. The maximum absolute atomic E-state index is 12.3. The second-order valence-electron chi connectivity index (χ2n) is 6.12. The number of nitrogens with one attached hydrogen (secondary N) is 1. The van der Waals surface area contributed by atoms with Gasteiger partial charge in [0.15, 0.2) is 0 Å². The second-order valence-corrected chi connectivity index (χ2v) is 8.02. The fourth-order valence-corrected chi connectivity index (χ4v) is 3.92. The van der Waals surface area contributed by atoms with Gasteiger partial charge in [0.2, 0.25) is 0 Å². The number of carbonyl (C=O) groups excluding carboxylic acids is 1. The number of nitro groups is 1. The van der Waals surface area contributed by atoms with E-state index >= 15 is 0 Å². The van der Waals surface area contributed by atoms with Gasteiger partial charge in [-0.3, -0.25) is 14.9 Å². The monoisotopic (exact) mass is 459 g/mol. The highest BCUT2D eigenvalue weighted by Crippen LogP contribution is 2.30. The fraction of sp³-hybridized carbons (Fsp3) is 0. The third kappa shape index (κ3) is 4.20. The number of benzene rings is 2. The van der Waals surface area contributed by atoms with Gasteiger partial charge in [-0.1, -0.05) is 23.2 Å². The zero-order chi connectivity index (χ0) is 21.3. The molecular formula is C20H11Cl2N3O4S. The minimum atomic E-state index is -0.475. The number of nitrogens with zero attached hydrogens (tertiary/aromatic N) is 2. The summed E-state index contributed by atoms with van der Waals surface area (Å²) < 4.78 is 6.44. The van der Waals surface area contributed by atoms with E-state index in [2.05, 4.69) is 10.5 Å². The van der Waals surface area contributed by atoms with Gasteiger partial charge < -0.3 is 4.42 Å². The highest BCUT2D eigenvalue weighted by molar-refractivity contribution is 7.20. The summed E-state index contributed by atoms with van der Waals surface area (Å²) in [5.41, 5.74) is 3.15. The Kier molecular flexibility index (Phi) is 5.54. The van der Waals surface area contributed by atoms with Gasteiger partial charge >= 0.3 is 0 Å². The zero-order valence-corrected chi connectivity index (χ0v) is 17.3. The predicted molar refractivity (Wildman–Crippen MR) is 118 cm³/mol. The largest absolute Gasteiger partial charge is 0.455 e. The lowest BCUT2D eigenvalue weighted by Crippen LogP contribution is -2.15. The van der Waals surface area contributed by atoms with E-state index in [0.29, 0.717) is 31.8 Å². The van der Waals surface area contributed by atoms with Crippen LogP contribution in [0.1, 0.15) is 15.4 Å². The molecule has 0 saturated carbocycles. The van der Waals surface area contributed by atoms with Crippen molar-refractivity contribution in [3.05, 3.63) is 85.4 Å². The van der Waals surface area contributed by atoms with Gasteiger partial charge in [-0.05, 0) is 42.5 Å². The number of halogens is 2. The summed E-state index contributed by atoms with van der Waals surface area (Å²) in [6.45, 7) is 0. The van der Waals surface area contributed by atoms with Crippen LogP contribution in [0.5, 0.6) is 0 Å². The molecule has 2 aromatic carbocycles. The van der Waals surface area contributed by atoms with Crippen LogP contribution >= 0.6 is 34.5 Å². The number of non-ortho nitro benzene ring substituents is 1. The summed E-state index contributed by atoms with van der Waals surface area (Å²) >= 11 is 13.2. The Morgan fingerprint density at radius 3 is 2.70 bits per heavy atom. The normalized spacial score (nSPS) is 11.3. The number of furan rings is 1. The predicted octanol–water partition coefficient (Wildman–Crippen LogP) is 6.14. The first kappa shape index (κ1) is 20.1. The first-order valence-corrected chi connectivity index (χ1v) is 10.0. The molecule has 1 amide bonds. The van der Waals surface area contributed by atoms with Crippen molar-refractivity contribution >= 4 is 62.4 Å². The van der Waals surface area contributed by atoms with Crippen LogP contribution in [0.3, 0.4) is 0 Å². The van der Waals surface area contributed by atoms with Crippen LogP contribution in [0.25, 0.3) is 21.4 Å². The summed E-state index contributed by atoms with van der Waals surface area (Å²) in [6, 6.07) is 14.6. The standard InChI is InChI=1S/C20H11Cl2N3O4S/c21-15-4-1-11(8-16(15)22)17-5-3-14(29-17)10-23-24-20(26)19-9-12-7-13(25(27)28)2-6-18(12)30-19/h1-10H,(H,24,26)/b23-10+. The molecule has 30 heavy (non-hydrogen) atoms. The molecule has 0 saturated heterocycles. The van der Waals surface area contributed by atoms with Crippen molar-refractivity contribution in [1.82, 2.24) is 5.43 Å². The maximum Gasteiger partial charge on any atom is 0.281 e. The second kappa shape index (κ2) is 8.27. The molecular weight excluding hydrogens is 449 g/mol. The number of hydrazone groups is 1. The van der Waals surface area contributed by atoms with Gasteiger partial charge in [0.1, 0.15) is 11.5 Å². The third-order valence-electron chi connectivity index (χ3n) is 4.12. The third-order valence-corrected chi connectivity index (χ3v) is 5.98. The van der Waals surface area contributed by atoms with E-state index in [-0.39, 0.29) is 5.69 Å². The average molecular weight is 460 g/mol. The summed E-state index contributed by atoms with van der Waals surface area (Å²) in [4.78, 5) is 23.1. The number of hydrogen-bond acceptors (Lipinski definition) is 6. The molecule has 0 radical (unpaired) electrons. The van der Waals surface area contributed by atoms with Crippen LogP contribution in [0, 0.1) is 10.1 Å². The molecule has 0 aliphatic carbocycles.